The standard InChI is InChI=1S/2C8H11.2C6H5.2ClH.H2Si.Ti/c2*1-6-4-7(2)8(3)5-6;2*1-2-4-6-5-3-1;;;;/h2*4,8H,1-3H3;2*1-5H;2*1H;1H2;. The molecule has 2 unspecified atom stereocenters. The van der Waals surface area contributed by atoms with Crippen molar-refractivity contribution in [2.75, 3.05) is 0 Å². The Morgan fingerprint density at radius 2 is 0.906 bits per heavy atom. The fourth-order valence-electron chi connectivity index (χ4n) is 6.60. The van der Waals surface area contributed by atoms with Gasteiger partial charge in [0.05, 0.1) is 0 Å². The van der Waals surface area contributed by atoms with Gasteiger partial charge in [0, 0.05) is 0 Å². The molecule has 2 aromatic rings. The summed E-state index contributed by atoms with van der Waals surface area (Å²) in [7, 11) is 2.39. The molecule has 0 N–H and O–H groups in total. The second-order valence-electron chi connectivity index (χ2n) is 9.60. The van der Waals surface area contributed by atoms with Crippen molar-refractivity contribution >= 4 is 40.2 Å². The van der Waals surface area contributed by atoms with E-state index in [0.717, 1.165) is 0 Å². The molecule has 2 atom stereocenters. The molecule has 0 heterocycles. The van der Waals surface area contributed by atoms with Crippen LogP contribution in [0.25, 0.3) is 0 Å². The summed E-state index contributed by atoms with van der Waals surface area (Å²) >= 11 is -3.85. The van der Waals surface area contributed by atoms with Crippen LogP contribution in [0.4, 0.5) is 0 Å². The molecule has 0 saturated carbocycles. The van der Waals surface area contributed by atoms with Crippen LogP contribution in [-0.4, -0.2) is 7.63 Å². The van der Waals surface area contributed by atoms with Crippen molar-refractivity contribution in [3.8, 4) is 0 Å². The first-order valence-electron chi connectivity index (χ1n) is 11.1. The summed E-state index contributed by atoms with van der Waals surface area (Å²) < 4.78 is 6.58. The number of hydrogen-bond acceptors (Lipinski definition) is 0. The summed E-state index contributed by atoms with van der Waals surface area (Å²) in [6.45, 7) is 14.2. The van der Waals surface area contributed by atoms with Gasteiger partial charge in [0.25, 0.3) is 0 Å². The topological polar surface area (TPSA) is 0 Å². The van der Waals surface area contributed by atoms with Crippen LogP contribution in [0.3, 0.4) is 0 Å². The molecule has 0 aliphatic heterocycles. The van der Waals surface area contributed by atoms with Crippen molar-refractivity contribution in [2.24, 2.45) is 11.8 Å². The number of rotatable bonds is 4. The summed E-state index contributed by atoms with van der Waals surface area (Å²) in [5.41, 5.74) is 6.00. The first kappa shape index (κ1) is 27.2. The minimum Gasteiger partial charge on any atom is -0.147 e. The van der Waals surface area contributed by atoms with E-state index in [0.29, 0.717) is 11.8 Å². The van der Waals surface area contributed by atoms with Gasteiger partial charge in [-0.3, -0.25) is 0 Å². The molecule has 0 amide bonds. The van der Waals surface area contributed by atoms with Crippen LogP contribution < -0.4 is 7.74 Å². The molecular weight excluding hydrogens is 483 g/mol. The summed E-state index contributed by atoms with van der Waals surface area (Å²) in [5.74, 6) is 0.960. The largest absolute Gasteiger partial charge is 0.147 e. The Kier molecular flexibility index (Phi) is 8.19. The van der Waals surface area contributed by atoms with Crippen LogP contribution in [0.5, 0.6) is 0 Å². The Bertz CT molecular complexity index is 1110. The molecule has 0 nitrogen and oxygen atoms in total. The third-order valence-corrected chi connectivity index (χ3v) is 25.8. The van der Waals surface area contributed by atoms with Gasteiger partial charge in [-0.25, -0.2) is 0 Å². The predicted molar refractivity (Wildman–Crippen MR) is 146 cm³/mol. The number of allylic oxidation sites excluding steroid dienone is 8. The summed E-state index contributed by atoms with van der Waals surface area (Å²) in [5, 5.41) is 0. The van der Waals surface area contributed by atoms with Crippen LogP contribution >= 0.6 is 24.8 Å². The predicted octanol–water partition coefficient (Wildman–Crippen LogP) is 6.46. The molecule has 2 aliphatic rings. The number of halogens is 2. The molecular formula is C28H36Cl2SiTi. The summed E-state index contributed by atoms with van der Waals surface area (Å²) in [6, 6.07) is 23.1. The zero-order valence-electron chi connectivity index (χ0n) is 20.1. The molecule has 32 heavy (non-hydrogen) atoms. The SMILES string of the molecule is CC1=CC(C)=[C]([Ti](=[SiH2])([C]2=C(C)C=C(C)C2C)([c]2ccccc2)[c]2ccccc2)C1C.Cl.Cl. The van der Waals surface area contributed by atoms with Crippen LogP contribution in [0.1, 0.15) is 41.5 Å². The van der Waals surface area contributed by atoms with E-state index in [1.807, 2.05) is 0 Å². The van der Waals surface area contributed by atoms with E-state index in [4.69, 9.17) is 0 Å². The maximum atomic E-state index is 2.46. The molecule has 4 rings (SSSR count). The Balaban J connectivity index is 0.00000181. The summed E-state index contributed by atoms with van der Waals surface area (Å²) in [4.78, 5) is 0. The summed E-state index contributed by atoms with van der Waals surface area (Å²) in [6.07, 6.45) is 4.91. The monoisotopic (exact) mass is 518 g/mol. The van der Waals surface area contributed by atoms with E-state index >= 15 is 0 Å². The normalized spacial score (nSPS) is 21.1. The van der Waals surface area contributed by atoms with E-state index in [2.05, 4.69) is 122 Å². The van der Waals surface area contributed by atoms with Crippen LogP contribution in [0.15, 0.2) is 103 Å². The van der Waals surface area contributed by atoms with Crippen molar-refractivity contribution in [2.45, 2.75) is 41.5 Å². The molecule has 0 spiro atoms. The van der Waals surface area contributed by atoms with Crippen LogP contribution in [0.2, 0.25) is 0 Å². The van der Waals surface area contributed by atoms with Gasteiger partial charge < -0.3 is 0 Å². The smallest absolute Gasteiger partial charge is 0.147 e. The quantitative estimate of drug-likeness (QED) is 0.407. The minimum atomic E-state index is -3.85. The van der Waals surface area contributed by atoms with Gasteiger partial charge >= 0.3 is 186 Å². The fourth-order valence-corrected chi connectivity index (χ4v) is 25.8. The third-order valence-electron chi connectivity index (χ3n) is 7.98. The van der Waals surface area contributed by atoms with E-state index in [-0.39, 0.29) is 24.8 Å². The van der Waals surface area contributed by atoms with Crippen molar-refractivity contribution < 1.29 is 14.0 Å². The van der Waals surface area contributed by atoms with Crippen molar-refractivity contribution in [1.82, 2.24) is 0 Å². The molecule has 0 fully saturated rings. The van der Waals surface area contributed by atoms with Gasteiger partial charge in [0.15, 0.2) is 0 Å². The third kappa shape index (κ3) is 3.62. The van der Waals surface area contributed by atoms with E-state index in [1.54, 1.807) is 15.5 Å². The molecule has 2 aliphatic carbocycles. The Morgan fingerprint density at radius 1 is 0.594 bits per heavy atom. The van der Waals surface area contributed by atoms with Crippen molar-refractivity contribution in [1.29, 1.82) is 0 Å². The minimum absolute atomic E-state index is 0. The zero-order chi connectivity index (χ0) is 21.7. The van der Waals surface area contributed by atoms with Crippen LogP contribution in [0, 0.1) is 11.8 Å². The Morgan fingerprint density at radius 3 is 1.16 bits per heavy atom. The molecule has 0 radical (unpaired) electrons. The van der Waals surface area contributed by atoms with Crippen LogP contribution in [-0.2, 0) is 14.0 Å². The van der Waals surface area contributed by atoms with Crippen molar-refractivity contribution in [3.63, 3.8) is 0 Å². The van der Waals surface area contributed by atoms with Gasteiger partial charge in [0.2, 0.25) is 0 Å². The Labute approximate surface area is 209 Å². The fraction of sp³-hybridized carbons (Fsp3) is 0.286. The van der Waals surface area contributed by atoms with E-state index in [1.165, 1.54) is 22.3 Å². The van der Waals surface area contributed by atoms with E-state index in [9.17, 15) is 0 Å². The van der Waals surface area contributed by atoms with E-state index < -0.39 is 14.0 Å². The maximum absolute atomic E-state index is 3.85. The first-order valence-corrected chi connectivity index (χ1v) is 18.3. The molecule has 2 aromatic carbocycles. The molecule has 0 aromatic heterocycles. The Hall–Kier alpha value is -1.09. The number of benzene rings is 2. The molecule has 4 heteroatoms. The molecule has 0 saturated heterocycles. The second-order valence-corrected chi connectivity index (χ2v) is 23.5. The van der Waals surface area contributed by atoms with Gasteiger partial charge in [-0.05, 0) is 0 Å². The maximum Gasteiger partial charge on any atom is -0.147 e. The van der Waals surface area contributed by atoms with Gasteiger partial charge in [-0.1, -0.05) is 0 Å². The molecule has 0 bridgehead atoms. The van der Waals surface area contributed by atoms with Gasteiger partial charge in [-0.2, -0.15) is 0 Å². The first-order chi connectivity index (χ1) is 14.2. The average Bonchev–Trinajstić information content (AvgIpc) is 3.16. The average molecular weight is 519 g/mol. The second kappa shape index (κ2) is 9.65. The molecule has 170 valence electrons. The van der Waals surface area contributed by atoms with Gasteiger partial charge in [0.1, 0.15) is 0 Å². The van der Waals surface area contributed by atoms with Gasteiger partial charge in [-0.15, -0.1) is 24.8 Å². The van der Waals surface area contributed by atoms with Crippen molar-refractivity contribution in [3.05, 3.63) is 103 Å². The zero-order valence-corrected chi connectivity index (χ0v) is 24.7. The number of hydrogen-bond donors (Lipinski definition) is 0.